The van der Waals surface area contributed by atoms with Crippen molar-refractivity contribution < 1.29 is 30.7 Å². The van der Waals surface area contributed by atoms with Crippen LogP contribution in [-0.4, -0.2) is 32.0 Å². The van der Waals surface area contributed by atoms with Crippen LogP contribution in [-0.2, 0) is 44.4 Å². The third-order valence-electron chi connectivity index (χ3n) is 5.21. The van der Waals surface area contributed by atoms with E-state index in [0.717, 1.165) is 16.7 Å². The summed E-state index contributed by atoms with van der Waals surface area (Å²) in [6.07, 6.45) is -0.444. The summed E-state index contributed by atoms with van der Waals surface area (Å²) in [4.78, 5) is -0.443. The van der Waals surface area contributed by atoms with Gasteiger partial charge in [-0.15, -0.1) is 0 Å². The van der Waals surface area contributed by atoms with E-state index in [-0.39, 0.29) is 29.2 Å². The smallest absolute Gasteiger partial charge is 0.294 e. The van der Waals surface area contributed by atoms with Gasteiger partial charge in [-0.05, 0) is 42.7 Å². The van der Waals surface area contributed by atoms with E-state index in [1.165, 1.54) is 12.1 Å². The lowest BCUT2D eigenvalue weighted by molar-refractivity contribution is 0.0404. The average molecular weight is 491 g/mol. The molecule has 0 aromatic heterocycles. The molecule has 3 rings (SSSR count). The van der Waals surface area contributed by atoms with Crippen LogP contribution in [0.4, 0.5) is 0 Å². The van der Waals surface area contributed by atoms with Gasteiger partial charge < -0.3 is 4.74 Å². The first kappa shape index (κ1) is 25.1. The molecule has 0 aliphatic heterocycles. The quantitative estimate of drug-likeness (QED) is 0.432. The Morgan fingerprint density at radius 3 is 1.61 bits per heavy atom. The summed E-state index contributed by atoms with van der Waals surface area (Å²) in [6, 6.07) is 18.5. The van der Waals surface area contributed by atoms with Crippen molar-refractivity contribution in [3.8, 4) is 0 Å². The molecule has 2 N–H and O–H groups in total. The van der Waals surface area contributed by atoms with E-state index in [9.17, 15) is 25.9 Å². The highest BCUT2D eigenvalue weighted by molar-refractivity contribution is 7.86. The van der Waals surface area contributed by atoms with Crippen molar-refractivity contribution in [2.75, 3.05) is 0 Å². The molecule has 3 aromatic rings. The minimum absolute atomic E-state index is 0.0997. The summed E-state index contributed by atoms with van der Waals surface area (Å²) in [6.45, 7) is 3.81. The summed E-state index contributed by atoms with van der Waals surface area (Å²) in [7, 11) is -8.93. The van der Waals surface area contributed by atoms with Crippen LogP contribution < -0.4 is 0 Å². The average Bonchev–Trinajstić information content (AvgIpc) is 2.71. The van der Waals surface area contributed by atoms with Crippen LogP contribution in [0.25, 0.3) is 0 Å². The van der Waals surface area contributed by atoms with Gasteiger partial charge in [0.05, 0.1) is 22.5 Å². The molecule has 0 aliphatic carbocycles. The maximum Gasteiger partial charge on any atom is 0.294 e. The molecule has 0 amide bonds. The molecule has 9 heteroatoms. The van der Waals surface area contributed by atoms with Crippen LogP contribution in [0.15, 0.2) is 76.5 Å². The lowest BCUT2D eigenvalue weighted by atomic mass is 9.99. The van der Waals surface area contributed by atoms with Gasteiger partial charge in [0.15, 0.2) is 0 Å². The Morgan fingerprint density at radius 1 is 0.727 bits per heavy atom. The van der Waals surface area contributed by atoms with Gasteiger partial charge in [0.2, 0.25) is 0 Å². The molecular weight excluding hydrogens is 464 g/mol. The van der Waals surface area contributed by atoms with E-state index in [0.29, 0.717) is 11.1 Å². The minimum Gasteiger partial charge on any atom is -0.373 e. The molecule has 0 radical (unpaired) electrons. The summed E-state index contributed by atoms with van der Waals surface area (Å²) < 4.78 is 73.1. The Kier molecular flexibility index (Phi) is 7.71. The van der Waals surface area contributed by atoms with Crippen molar-refractivity contribution in [1.29, 1.82) is 0 Å². The van der Waals surface area contributed by atoms with Gasteiger partial charge in [-0.2, -0.15) is 16.8 Å². The molecule has 0 bridgehead atoms. The molecule has 0 spiro atoms. The first-order valence-corrected chi connectivity index (χ1v) is 13.1. The normalized spacial score (nSPS) is 12.3. The zero-order valence-electron chi connectivity index (χ0n) is 18.3. The zero-order chi connectivity index (χ0) is 24.2. The Hall–Kier alpha value is -2.56. The minimum atomic E-state index is -4.47. The van der Waals surface area contributed by atoms with Crippen molar-refractivity contribution in [3.05, 3.63) is 94.5 Å². The van der Waals surface area contributed by atoms with E-state index in [1.807, 2.05) is 30.3 Å². The predicted molar refractivity (Wildman–Crippen MR) is 124 cm³/mol. The molecule has 0 aliphatic rings. The molecule has 0 saturated carbocycles. The fourth-order valence-corrected chi connectivity index (χ4v) is 5.13. The molecule has 0 heterocycles. The van der Waals surface area contributed by atoms with Gasteiger partial charge in [0, 0.05) is 12.8 Å². The number of benzene rings is 3. The van der Waals surface area contributed by atoms with Gasteiger partial charge in [-0.25, -0.2) is 0 Å². The van der Waals surface area contributed by atoms with Crippen LogP contribution in [0.3, 0.4) is 0 Å². The predicted octanol–water partition coefficient (Wildman–Crippen LogP) is 4.17. The first-order valence-electron chi connectivity index (χ1n) is 10.2. The Bertz CT molecular complexity index is 1250. The SMILES string of the molecule is Cc1ccc(S(=O)(=O)O)c(CC(Cc2cc(C)ccc2S(=O)(=O)O)OCc2ccccc2)c1. The van der Waals surface area contributed by atoms with Crippen LogP contribution in [0, 0.1) is 13.8 Å². The number of rotatable bonds is 9. The van der Waals surface area contributed by atoms with Crippen molar-refractivity contribution >= 4 is 20.2 Å². The highest BCUT2D eigenvalue weighted by Crippen LogP contribution is 2.25. The highest BCUT2D eigenvalue weighted by atomic mass is 32.2. The fourth-order valence-electron chi connectivity index (χ4n) is 3.71. The second-order valence-electron chi connectivity index (χ2n) is 8.00. The third kappa shape index (κ3) is 6.96. The second-order valence-corrected chi connectivity index (χ2v) is 10.8. The monoisotopic (exact) mass is 490 g/mol. The van der Waals surface area contributed by atoms with Gasteiger partial charge in [0.1, 0.15) is 0 Å². The van der Waals surface area contributed by atoms with Crippen molar-refractivity contribution in [1.82, 2.24) is 0 Å². The van der Waals surface area contributed by atoms with Gasteiger partial charge >= 0.3 is 0 Å². The number of ether oxygens (including phenoxy) is 1. The summed E-state index contributed by atoms with van der Waals surface area (Å²) in [5.74, 6) is 0. The molecule has 0 saturated heterocycles. The van der Waals surface area contributed by atoms with Gasteiger partial charge in [-0.1, -0.05) is 65.7 Å². The van der Waals surface area contributed by atoms with Crippen LogP contribution in [0.5, 0.6) is 0 Å². The largest absolute Gasteiger partial charge is 0.373 e. The summed E-state index contributed by atoms with van der Waals surface area (Å²) in [5, 5.41) is 0. The molecule has 33 heavy (non-hydrogen) atoms. The maximum absolute atomic E-state index is 11.9. The first-order chi connectivity index (χ1) is 15.4. The molecule has 0 fully saturated rings. The van der Waals surface area contributed by atoms with Crippen LogP contribution >= 0.6 is 0 Å². The maximum atomic E-state index is 11.9. The Labute approximate surface area is 194 Å². The van der Waals surface area contributed by atoms with Gasteiger partial charge in [0.25, 0.3) is 20.2 Å². The lowest BCUT2D eigenvalue weighted by Crippen LogP contribution is -2.22. The molecular formula is C24H26O7S2. The van der Waals surface area contributed by atoms with E-state index in [2.05, 4.69) is 0 Å². The van der Waals surface area contributed by atoms with E-state index in [4.69, 9.17) is 4.74 Å². The van der Waals surface area contributed by atoms with Crippen molar-refractivity contribution in [3.63, 3.8) is 0 Å². The standard InChI is InChI=1S/C24H26O7S2/c1-17-8-10-23(32(25,26)27)20(12-17)14-22(31-16-19-6-4-3-5-7-19)15-21-13-18(2)9-11-24(21)33(28,29)30/h3-13,22H,14-16H2,1-2H3,(H,25,26,27)(H,28,29,30). The number of aryl methyl sites for hydroxylation is 2. The van der Waals surface area contributed by atoms with Crippen LogP contribution in [0.2, 0.25) is 0 Å². The molecule has 0 unspecified atom stereocenters. The molecule has 7 nitrogen and oxygen atoms in total. The van der Waals surface area contributed by atoms with Crippen molar-refractivity contribution in [2.45, 2.75) is 49.2 Å². The van der Waals surface area contributed by atoms with E-state index < -0.39 is 26.3 Å². The topological polar surface area (TPSA) is 118 Å². The van der Waals surface area contributed by atoms with Gasteiger partial charge in [-0.3, -0.25) is 9.11 Å². The van der Waals surface area contributed by atoms with E-state index in [1.54, 1.807) is 38.1 Å². The highest BCUT2D eigenvalue weighted by Gasteiger charge is 2.23. The summed E-state index contributed by atoms with van der Waals surface area (Å²) >= 11 is 0. The molecule has 176 valence electrons. The lowest BCUT2D eigenvalue weighted by Gasteiger charge is -2.21. The molecule has 3 aromatic carbocycles. The Morgan fingerprint density at radius 2 is 1.18 bits per heavy atom. The van der Waals surface area contributed by atoms with E-state index >= 15 is 0 Å². The number of hydrogen-bond acceptors (Lipinski definition) is 5. The third-order valence-corrected chi connectivity index (χ3v) is 7.12. The van der Waals surface area contributed by atoms with Crippen LogP contribution in [0.1, 0.15) is 27.8 Å². The number of hydrogen-bond donors (Lipinski definition) is 2. The van der Waals surface area contributed by atoms with Crippen molar-refractivity contribution in [2.24, 2.45) is 0 Å². The second kappa shape index (κ2) is 10.1. The molecule has 0 atom stereocenters. The summed E-state index contributed by atoms with van der Waals surface area (Å²) in [5.41, 5.74) is 3.20. The zero-order valence-corrected chi connectivity index (χ0v) is 19.9. The Balaban J connectivity index is 2.00. The fraction of sp³-hybridized carbons (Fsp3) is 0.250.